The second kappa shape index (κ2) is 8.18. The van der Waals surface area contributed by atoms with Crippen LogP contribution in [0.25, 0.3) is 0 Å². The molecule has 1 amide bonds. The van der Waals surface area contributed by atoms with Crippen molar-refractivity contribution in [3.63, 3.8) is 0 Å². The Hall–Kier alpha value is -3.26. The zero-order valence-corrected chi connectivity index (χ0v) is 15.2. The van der Waals surface area contributed by atoms with Crippen molar-refractivity contribution in [3.05, 3.63) is 95.6 Å². The molecule has 3 aromatic carbocycles. The van der Waals surface area contributed by atoms with Gasteiger partial charge in [-0.3, -0.25) is 4.79 Å². The van der Waals surface area contributed by atoms with E-state index < -0.39 is 21.7 Å². The normalized spacial score (nSPS) is 11.1. The Morgan fingerprint density at radius 3 is 2.21 bits per heavy atom. The average molecular weight is 403 g/mol. The second-order valence-electron chi connectivity index (χ2n) is 5.83. The van der Waals surface area contributed by atoms with Crippen LogP contribution in [0.4, 0.5) is 8.78 Å². The van der Waals surface area contributed by atoms with E-state index in [9.17, 15) is 22.0 Å². The molecule has 3 aromatic rings. The Morgan fingerprint density at radius 2 is 1.57 bits per heavy atom. The van der Waals surface area contributed by atoms with Gasteiger partial charge in [0.25, 0.3) is 15.9 Å². The third-order valence-electron chi connectivity index (χ3n) is 3.76. The number of ether oxygens (including phenoxy) is 1. The van der Waals surface area contributed by atoms with Crippen molar-refractivity contribution in [2.24, 2.45) is 0 Å². The summed E-state index contributed by atoms with van der Waals surface area (Å²) in [6, 6.07) is 15.9. The summed E-state index contributed by atoms with van der Waals surface area (Å²) in [6.07, 6.45) is 0. The fourth-order valence-electron chi connectivity index (χ4n) is 2.35. The van der Waals surface area contributed by atoms with Crippen molar-refractivity contribution in [2.75, 3.05) is 0 Å². The molecule has 0 saturated carbocycles. The fourth-order valence-corrected chi connectivity index (χ4v) is 3.32. The average Bonchev–Trinajstić information content (AvgIpc) is 2.67. The number of carbonyl (C=O) groups is 1. The highest BCUT2D eigenvalue weighted by atomic mass is 32.2. The topological polar surface area (TPSA) is 72.5 Å². The molecule has 0 aliphatic carbocycles. The maximum absolute atomic E-state index is 13.1. The van der Waals surface area contributed by atoms with E-state index in [-0.39, 0.29) is 22.9 Å². The van der Waals surface area contributed by atoms with E-state index in [2.05, 4.69) is 0 Å². The molecule has 0 spiro atoms. The molecular weight excluding hydrogens is 388 g/mol. The molecule has 5 nitrogen and oxygen atoms in total. The molecule has 144 valence electrons. The van der Waals surface area contributed by atoms with Gasteiger partial charge in [0.15, 0.2) is 0 Å². The molecule has 0 fully saturated rings. The van der Waals surface area contributed by atoms with Gasteiger partial charge in [-0.15, -0.1) is 0 Å². The molecular formula is C20H15F2NO4S. The number of nitrogens with one attached hydrogen (secondary N) is 1. The van der Waals surface area contributed by atoms with Gasteiger partial charge in [0.1, 0.15) is 24.0 Å². The molecule has 0 bridgehead atoms. The first-order chi connectivity index (χ1) is 13.3. The predicted octanol–water partition coefficient (Wildman–Crippen LogP) is 3.66. The minimum atomic E-state index is -4.12. The van der Waals surface area contributed by atoms with E-state index in [1.807, 2.05) is 4.72 Å². The van der Waals surface area contributed by atoms with E-state index in [4.69, 9.17) is 4.74 Å². The van der Waals surface area contributed by atoms with Gasteiger partial charge in [-0.05, 0) is 66.2 Å². The number of benzene rings is 3. The van der Waals surface area contributed by atoms with Gasteiger partial charge in [-0.2, -0.15) is 0 Å². The lowest BCUT2D eigenvalue weighted by Gasteiger charge is -2.09. The SMILES string of the molecule is O=C(NS(=O)(=O)c1ccc(F)cc1)c1ccc(OCc2cccc(F)c2)cc1. The number of rotatable bonds is 6. The molecule has 0 aliphatic rings. The molecule has 1 N–H and O–H groups in total. The zero-order valence-electron chi connectivity index (χ0n) is 14.4. The van der Waals surface area contributed by atoms with Crippen LogP contribution in [0, 0.1) is 11.6 Å². The van der Waals surface area contributed by atoms with Gasteiger partial charge in [0.2, 0.25) is 0 Å². The third-order valence-corrected chi connectivity index (χ3v) is 5.11. The molecule has 0 saturated heterocycles. The lowest BCUT2D eigenvalue weighted by Crippen LogP contribution is -2.30. The number of amides is 1. The lowest BCUT2D eigenvalue weighted by atomic mass is 10.2. The summed E-state index contributed by atoms with van der Waals surface area (Å²) in [7, 11) is -4.12. The van der Waals surface area contributed by atoms with Crippen LogP contribution in [0.1, 0.15) is 15.9 Å². The van der Waals surface area contributed by atoms with Crippen LogP contribution < -0.4 is 9.46 Å². The van der Waals surface area contributed by atoms with Crippen molar-refractivity contribution in [1.29, 1.82) is 0 Å². The molecule has 0 unspecified atom stereocenters. The van der Waals surface area contributed by atoms with Crippen molar-refractivity contribution in [2.45, 2.75) is 11.5 Å². The minimum absolute atomic E-state index is 0.101. The van der Waals surface area contributed by atoms with E-state index in [0.29, 0.717) is 11.3 Å². The Labute approximate surface area is 160 Å². The summed E-state index contributed by atoms with van der Waals surface area (Å²) in [5, 5.41) is 0. The number of carbonyl (C=O) groups excluding carboxylic acids is 1. The summed E-state index contributed by atoms with van der Waals surface area (Å²) < 4.78 is 57.8. The summed E-state index contributed by atoms with van der Waals surface area (Å²) in [6.45, 7) is 0.141. The van der Waals surface area contributed by atoms with Crippen molar-refractivity contribution < 1.29 is 26.7 Å². The van der Waals surface area contributed by atoms with Gasteiger partial charge in [-0.1, -0.05) is 12.1 Å². The van der Waals surface area contributed by atoms with E-state index in [1.165, 1.54) is 36.4 Å². The second-order valence-corrected chi connectivity index (χ2v) is 7.51. The molecule has 0 atom stereocenters. The molecule has 0 heterocycles. The number of hydrogen-bond acceptors (Lipinski definition) is 4. The third kappa shape index (κ3) is 4.92. The Balaban J connectivity index is 1.64. The first-order valence-electron chi connectivity index (χ1n) is 8.13. The highest BCUT2D eigenvalue weighted by molar-refractivity contribution is 7.90. The van der Waals surface area contributed by atoms with Crippen LogP contribution in [0.3, 0.4) is 0 Å². The first kappa shape index (κ1) is 19.5. The van der Waals surface area contributed by atoms with Gasteiger partial charge < -0.3 is 4.74 Å². The minimum Gasteiger partial charge on any atom is -0.489 e. The maximum atomic E-state index is 13.1. The molecule has 8 heteroatoms. The zero-order chi connectivity index (χ0) is 20.1. The summed E-state index contributed by atoms with van der Waals surface area (Å²) in [4.78, 5) is 12.0. The number of halogens is 2. The lowest BCUT2D eigenvalue weighted by molar-refractivity contribution is 0.0981. The van der Waals surface area contributed by atoms with Gasteiger partial charge in [0.05, 0.1) is 4.90 Å². The quantitative estimate of drug-likeness (QED) is 0.682. The van der Waals surface area contributed by atoms with Gasteiger partial charge in [0, 0.05) is 5.56 Å². The van der Waals surface area contributed by atoms with E-state index >= 15 is 0 Å². The Morgan fingerprint density at radius 1 is 0.893 bits per heavy atom. The van der Waals surface area contributed by atoms with Crippen LogP contribution in [0.5, 0.6) is 5.75 Å². The van der Waals surface area contributed by atoms with Crippen molar-refractivity contribution in [1.82, 2.24) is 4.72 Å². The highest BCUT2D eigenvalue weighted by Gasteiger charge is 2.18. The smallest absolute Gasteiger partial charge is 0.265 e. The van der Waals surface area contributed by atoms with Crippen molar-refractivity contribution >= 4 is 15.9 Å². The maximum Gasteiger partial charge on any atom is 0.265 e. The molecule has 0 aromatic heterocycles. The monoisotopic (exact) mass is 403 g/mol. The van der Waals surface area contributed by atoms with Crippen LogP contribution in [-0.4, -0.2) is 14.3 Å². The molecule has 3 rings (SSSR count). The highest BCUT2D eigenvalue weighted by Crippen LogP contribution is 2.16. The van der Waals surface area contributed by atoms with Crippen LogP contribution in [0.15, 0.2) is 77.7 Å². The molecule has 0 aliphatic heterocycles. The van der Waals surface area contributed by atoms with Crippen LogP contribution in [0.2, 0.25) is 0 Å². The Kier molecular flexibility index (Phi) is 5.70. The largest absolute Gasteiger partial charge is 0.489 e. The summed E-state index contributed by atoms with van der Waals surface area (Å²) in [5.41, 5.74) is 0.746. The predicted molar refractivity (Wildman–Crippen MR) is 98.2 cm³/mol. The van der Waals surface area contributed by atoms with E-state index in [0.717, 1.165) is 24.3 Å². The fraction of sp³-hybridized carbons (Fsp3) is 0.0500. The van der Waals surface area contributed by atoms with Gasteiger partial charge >= 0.3 is 0 Å². The summed E-state index contributed by atoms with van der Waals surface area (Å²) >= 11 is 0. The first-order valence-corrected chi connectivity index (χ1v) is 9.62. The van der Waals surface area contributed by atoms with Gasteiger partial charge in [-0.25, -0.2) is 21.9 Å². The standard InChI is InChI=1S/C20H15F2NO4S/c21-16-6-10-19(11-7-16)28(25,26)23-20(24)15-4-8-18(9-5-15)27-13-14-2-1-3-17(22)12-14/h1-12H,13H2,(H,23,24). The van der Waals surface area contributed by atoms with Crippen LogP contribution in [-0.2, 0) is 16.6 Å². The molecule has 28 heavy (non-hydrogen) atoms. The number of sulfonamides is 1. The Bertz CT molecular complexity index is 1080. The molecule has 0 radical (unpaired) electrons. The van der Waals surface area contributed by atoms with Crippen LogP contribution >= 0.6 is 0 Å². The van der Waals surface area contributed by atoms with Crippen molar-refractivity contribution in [3.8, 4) is 5.75 Å². The number of hydrogen-bond donors (Lipinski definition) is 1. The van der Waals surface area contributed by atoms with E-state index in [1.54, 1.807) is 12.1 Å². The summed E-state index contributed by atoms with van der Waals surface area (Å²) in [5.74, 6) is -1.35.